The number of hydrogen-bond donors (Lipinski definition) is 1. The van der Waals surface area contributed by atoms with Crippen molar-refractivity contribution < 1.29 is 23.2 Å². The van der Waals surface area contributed by atoms with Gasteiger partial charge in [-0.3, -0.25) is 4.79 Å². The van der Waals surface area contributed by atoms with E-state index in [4.69, 9.17) is 14.0 Å². The molecule has 1 amide bonds. The van der Waals surface area contributed by atoms with Gasteiger partial charge in [-0.05, 0) is 30.7 Å². The predicted molar refractivity (Wildman–Crippen MR) is 94.1 cm³/mol. The normalized spacial score (nSPS) is 10.5. The van der Waals surface area contributed by atoms with Gasteiger partial charge in [0.25, 0.3) is 5.91 Å². The molecule has 0 radical (unpaired) electrons. The summed E-state index contributed by atoms with van der Waals surface area (Å²) in [7, 11) is 3.02. The fourth-order valence-electron chi connectivity index (χ4n) is 2.36. The van der Waals surface area contributed by atoms with Crippen LogP contribution in [0.2, 0.25) is 0 Å². The van der Waals surface area contributed by atoms with Crippen LogP contribution in [-0.4, -0.2) is 25.3 Å². The summed E-state index contributed by atoms with van der Waals surface area (Å²) in [5, 5.41) is 6.45. The number of aryl methyl sites for hydroxylation is 1. The van der Waals surface area contributed by atoms with Gasteiger partial charge in [-0.25, -0.2) is 4.39 Å². The van der Waals surface area contributed by atoms with E-state index in [0.29, 0.717) is 34.1 Å². The van der Waals surface area contributed by atoms with Gasteiger partial charge in [-0.15, -0.1) is 0 Å². The van der Waals surface area contributed by atoms with Crippen LogP contribution >= 0.6 is 0 Å². The van der Waals surface area contributed by atoms with Crippen LogP contribution < -0.4 is 14.8 Å². The van der Waals surface area contributed by atoms with Crippen molar-refractivity contribution in [3.05, 3.63) is 59.5 Å². The Labute approximate surface area is 149 Å². The molecule has 1 heterocycles. The molecule has 2 aromatic carbocycles. The molecule has 0 saturated heterocycles. The van der Waals surface area contributed by atoms with Gasteiger partial charge in [-0.2, -0.15) is 0 Å². The number of hydrogen-bond acceptors (Lipinski definition) is 5. The molecule has 1 aromatic heterocycles. The summed E-state index contributed by atoms with van der Waals surface area (Å²) in [5.74, 6) is 0.498. The minimum absolute atomic E-state index is 0.0610. The first-order valence-electron chi connectivity index (χ1n) is 7.78. The van der Waals surface area contributed by atoms with Gasteiger partial charge in [-0.1, -0.05) is 17.3 Å². The van der Waals surface area contributed by atoms with Crippen molar-refractivity contribution in [3.8, 4) is 22.8 Å². The lowest BCUT2D eigenvalue weighted by Crippen LogP contribution is -2.13. The summed E-state index contributed by atoms with van der Waals surface area (Å²) in [5.41, 5.74) is 1.52. The molecular formula is C19H17FN2O4. The van der Waals surface area contributed by atoms with E-state index in [1.165, 1.54) is 26.4 Å². The fourth-order valence-corrected chi connectivity index (χ4v) is 2.36. The zero-order valence-corrected chi connectivity index (χ0v) is 14.5. The minimum atomic E-state index is -0.487. The smallest absolute Gasteiger partial charge is 0.277 e. The maximum absolute atomic E-state index is 13.7. The Morgan fingerprint density at radius 3 is 2.62 bits per heavy atom. The summed E-state index contributed by atoms with van der Waals surface area (Å²) >= 11 is 0. The van der Waals surface area contributed by atoms with Gasteiger partial charge in [0.2, 0.25) is 0 Å². The number of rotatable bonds is 5. The predicted octanol–water partition coefficient (Wildman–Crippen LogP) is 4.06. The van der Waals surface area contributed by atoms with E-state index in [0.717, 1.165) is 0 Å². The Balaban J connectivity index is 1.83. The van der Waals surface area contributed by atoms with Gasteiger partial charge in [0, 0.05) is 17.7 Å². The number of ether oxygens (including phenoxy) is 2. The fraction of sp³-hybridized carbons (Fsp3) is 0.158. The van der Waals surface area contributed by atoms with Gasteiger partial charge in [0.1, 0.15) is 17.3 Å². The Hall–Kier alpha value is -3.35. The summed E-state index contributed by atoms with van der Waals surface area (Å²) in [6.07, 6.45) is 0. The highest BCUT2D eigenvalue weighted by atomic mass is 19.1. The third-order valence-electron chi connectivity index (χ3n) is 3.85. The van der Waals surface area contributed by atoms with Crippen LogP contribution in [0.15, 0.2) is 47.0 Å². The van der Waals surface area contributed by atoms with Crippen molar-refractivity contribution in [1.82, 2.24) is 5.16 Å². The Kier molecular flexibility index (Phi) is 4.88. The first-order valence-corrected chi connectivity index (χ1v) is 7.78. The average Bonchev–Trinajstić information content (AvgIpc) is 3.14. The van der Waals surface area contributed by atoms with Crippen LogP contribution in [0.25, 0.3) is 11.3 Å². The number of nitrogens with one attached hydrogen (secondary N) is 1. The van der Waals surface area contributed by atoms with E-state index in [-0.39, 0.29) is 11.5 Å². The molecule has 1 N–H and O–H groups in total. The molecule has 6 nitrogen and oxygen atoms in total. The topological polar surface area (TPSA) is 73.6 Å². The van der Waals surface area contributed by atoms with E-state index < -0.39 is 5.91 Å². The monoisotopic (exact) mass is 356 g/mol. The summed E-state index contributed by atoms with van der Waals surface area (Å²) < 4.78 is 29.3. The third kappa shape index (κ3) is 3.51. The highest BCUT2D eigenvalue weighted by molar-refractivity contribution is 6.04. The van der Waals surface area contributed by atoms with Crippen LogP contribution in [0, 0.1) is 12.7 Å². The molecule has 0 bridgehead atoms. The van der Waals surface area contributed by atoms with Gasteiger partial charge >= 0.3 is 0 Å². The van der Waals surface area contributed by atoms with Crippen LogP contribution in [0.4, 0.5) is 10.1 Å². The minimum Gasteiger partial charge on any atom is -0.497 e. The Morgan fingerprint density at radius 2 is 1.92 bits per heavy atom. The number of anilines is 1. The molecule has 7 heteroatoms. The summed E-state index contributed by atoms with van der Waals surface area (Å²) in [6.45, 7) is 1.67. The van der Waals surface area contributed by atoms with Crippen molar-refractivity contribution in [1.29, 1.82) is 0 Å². The number of benzene rings is 2. The van der Waals surface area contributed by atoms with E-state index >= 15 is 0 Å². The summed E-state index contributed by atoms with van der Waals surface area (Å²) in [6, 6.07) is 11.1. The number of amides is 1. The molecule has 26 heavy (non-hydrogen) atoms. The first kappa shape index (κ1) is 17.5. The first-order chi connectivity index (χ1) is 12.5. The molecule has 0 fully saturated rings. The van der Waals surface area contributed by atoms with Crippen molar-refractivity contribution in [2.75, 3.05) is 19.5 Å². The van der Waals surface area contributed by atoms with E-state index in [2.05, 4.69) is 10.5 Å². The van der Waals surface area contributed by atoms with E-state index in [1.807, 2.05) is 0 Å². The maximum atomic E-state index is 13.7. The average molecular weight is 356 g/mol. The number of halogens is 1. The largest absolute Gasteiger partial charge is 0.497 e. The van der Waals surface area contributed by atoms with Crippen molar-refractivity contribution in [2.45, 2.75) is 6.92 Å². The quantitative estimate of drug-likeness (QED) is 0.746. The molecule has 0 aliphatic rings. The molecular weight excluding hydrogens is 339 g/mol. The summed E-state index contributed by atoms with van der Waals surface area (Å²) in [4.78, 5) is 12.4. The number of methoxy groups -OCH3 is 2. The lowest BCUT2D eigenvalue weighted by molar-refractivity contribution is 0.101. The second kappa shape index (κ2) is 7.26. The molecule has 3 aromatic rings. The lowest BCUT2D eigenvalue weighted by Gasteiger charge is -2.10. The Morgan fingerprint density at radius 1 is 1.12 bits per heavy atom. The van der Waals surface area contributed by atoms with Crippen LogP contribution in [0.5, 0.6) is 11.5 Å². The lowest BCUT2D eigenvalue weighted by atomic mass is 10.1. The molecule has 0 spiro atoms. The van der Waals surface area contributed by atoms with Crippen molar-refractivity contribution >= 4 is 11.6 Å². The SMILES string of the molecule is COc1ccc(OC)c(NC(=O)c2cc(-c3ccc(C)c(F)c3)on2)c1. The third-order valence-corrected chi connectivity index (χ3v) is 3.85. The Bertz CT molecular complexity index is 952. The van der Waals surface area contributed by atoms with Crippen molar-refractivity contribution in [3.63, 3.8) is 0 Å². The molecule has 0 saturated carbocycles. The standard InChI is InChI=1S/C19H17FN2O4/c1-11-4-5-12(8-14(11)20)18-10-16(22-26-18)19(23)21-15-9-13(24-2)6-7-17(15)25-3/h4-10H,1-3H3,(H,21,23). The van der Waals surface area contributed by atoms with Gasteiger partial charge < -0.3 is 19.3 Å². The molecule has 0 unspecified atom stereocenters. The number of aromatic nitrogens is 1. The van der Waals surface area contributed by atoms with E-state index in [1.54, 1.807) is 37.3 Å². The van der Waals surface area contributed by atoms with Crippen LogP contribution in [-0.2, 0) is 0 Å². The van der Waals surface area contributed by atoms with Crippen LogP contribution in [0.1, 0.15) is 16.1 Å². The van der Waals surface area contributed by atoms with E-state index in [9.17, 15) is 9.18 Å². The van der Waals surface area contributed by atoms with Gasteiger partial charge in [0.15, 0.2) is 11.5 Å². The molecule has 3 rings (SSSR count). The number of carbonyl (C=O) groups excluding carboxylic acids is 1. The zero-order chi connectivity index (χ0) is 18.7. The maximum Gasteiger partial charge on any atom is 0.277 e. The molecule has 0 atom stereocenters. The highest BCUT2D eigenvalue weighted by Crippen LogP contribution is 2.29. The second-order valence-electron chi connectivity index (χ2n) is 5.56. The second-order valence-corrected chi connectivity index (χ2v) is 5.56. The zero-order valence-electron chi connectivity index (χ0n) is 14.5. The van der Waals surface area contributed by atoms with Crippen LogP contribution in [0.3, 0.4) is 0 Å². The highest BCUT2D eigenvalue weighted by Gasteiger charge is 2.17. The van der Waals surface area contributed by atoms with Crippen molar-refractivity contribution in [2.24, 2.45) is 0 Å². The molecule has 134 valence electrons. The van der Waals surface area contributed by atoms with Gasteiger partial charge in [0.05, 0.1) is 19.9 Å². The molecule has 0 aliphatic heterocycles. The number of carbonyl (C=O) groups is 1. The number of nitrogens with zero attached hydrogens (tertiary/aromatic N) is 1. The molecule has 0 aliphatic carbocycles.